The molecule has 0 amide bonds. The van der Waals surface area contributed by atoms with Gasteiger partial charge < -0.3 is 14.8 Å². The zero-order valence-electron chi connectivity index (χ0n) is 12.6. The summed E-state index contributed by atoms with van der Waals surface area (Å²) in [5, 5.41) is 3.40. The van der Waals surface area contributed by atoms with Crippen molar-refractivity contribution >= 4 is 0 Å². The average molecular weight is 278 g/mol. The number of nitrogens with zero attached hydrogens (tertiary/aromatic N) is 1. The summed E-state index contributed by atoms with van der Waals surface area (Å²) in [7, 11) is 0. The minimum absolute atomic E-state index is 0.595. The first kappa shape index (κ1) is 15.1. The quantitative estimate of drug-likeness (QED) is 0.828. The predicted molar refractivity (Wildman–Crippen MR) is 81.6 cm³/mol. The van der Waals surface area contributed by atoms with Gasteiger partial charge in [0.2, 0.25) is 0 Å². The molecule has 0 unspecified atom stereocenters. The maximum atomic E-state index is 5.80. The topological polar surface area (TPSA) is 33.7 Å². The Hall–Kier alpha value is -1.26. The van der Waals surface area contributed by atoms with Crippen LogP contribution >= 0.6 is 0 Å². The molecule has 1 aromatic rings. The molecular weight excluding hydrogens is 252 g/mol. The van der Waals surface area contributed by atoms with Crippen LogP contribution in [0.2, 0.25) is 0 Å². The van der Waals surface area contributed by atoms with E-state index in [9.17, 15) is 0 Å². The van der Waals surface area contributed by atoms with Crippen LogP contribution in [0.15, 0.2) is 24.3 Å². The predicted octanol–water partition coefficient (Wildman–Crippen LogP) is 2.15. The van der Waals surface area contributed by atoms with E-state index in [-0.39, 0.29) is 0 Å². The number of hydrogen-bond donors (Lipinski definition) is 1. The highest BCUT2D eigenvalue weighted by Crippen LogP contribution is 2.17. The van der Waals surface area contributed by atoms with Crippen molar-refractivity contribution < 1.29 is 9.47 Å². The first-order valence-corrected chi connectivity index (χ1v) is 7.60. The van der Waals surface area contributed by atoms with Crippen molar-refractivity contribution in [2.75, 3.05) is 39.4 Å². The Kier molecular flexibility index (Phi) is 6.15. The van der Waals surface area contributed by atoms with Gasteiger partial charge >= 0.3 is 0 Å². The van der Waals surface area contributed by atoms with E-state index in [0.29, 0.717) is 6.04 Å². The fourth-order valence-electron chi connectivity index (χ4n) is 2.35. The molecule has 1 atom stereocenters. The number of piperazine rings is 1. The van der Waals surface area contributed by atoms with Gasteiger partial charge in [-0.25, -0.2) is 0 Å². The molecule has 20 heavy (non-hydrogen) atoms. The van der Waals surface area contributed by atoms with Crippen molar-refractivity contribution in [3.8, 4) is 11.5 Å². The molecule has 1 saturated heterocycles. The van der Waals surface area contributed by atoms with Gasteiger partial charge in [-0.3, -0.25) is 4.90 Å². The summed E-state index contributed by atoms with van der Waals surface area (Å²) >= 11 is 0. The fourth-order valence-corrected chi connectivity index (χ4v) is 2.35. The number of hydrogen-bond acceptors (Lipinski definition) is 4. The summed E-state index contributed by atoms with van der Waals surface area (Å²) in [6.45, 7) is 10.1. The van der Waals surface area contributed by atoms with Crippen LogP contribution in [0.25, 0.3) is 0 Å². The van der Waals surface area contributed by atoms with E-state index in [1.165, 1.54) is 0 Å². The van der Waals surface area contributed by atoms with Gasteiger partial charge in [0.05, 0.1) is 6.61 Å². The monoisotopic (exact) mass is 278 g/mol. The molecule has 0 radical (unpaired) electrons. The van der Waals surface area contributed by atoms with Gasteiger partial charge in [-0.1, -0.05) is 6.92 Å². The highest BCUT2D eigenvalue weighted by molar-refractivity contribution is 5.31. The van der Waals surface area contributed by atoms with Crippen molar-refractivity contribution in [2.45, 2.75) is 26.3 Å². The van der Waals surface area contributed by atoms with Crippen LogP contribution < -0.4 is 14.8 Å². The smallest absolute Gasteiger partial charge is 0.119 e. The van der Waals surface area contributed by atoms with Crippen LogP contribution in [0.1, 0.15) is 20.3 Å². The molecular formula is C16H26N2O2. The highest BCUT2D eigenvalue weighted by Gasteiger charge is 2.16. The van der Waals surface area contributed by atoms with Gasteiger partial charge in [0.25, 0.3) is 0 Å². The van der Waals surface area contributed by atoms with Crippen molar-refractivity contribution in [3.05, 3.63) is 24.3 Å². The molecule has 0 aliphatic carbocycles. The average Bonchev–Trinajstić information content (AvgIpc) is 2.48. The molecule has 1 aliphatic heterocycles. The largest absolute Gasteiger partial charge is 0.494 e. The molecule has 2 rings (SSSR count). The van der Waals surface area contributed by atoms with Gasteiger partial charge in [-0.05, 0) is 37.6 Å². The second-order valence-corrected chi connectivity index (χ2v) is 5.26. The summed E-state index contributed by atoms with van der Waals surface area (Å²) < 4.78 is 11.4. The van der Waals surface area contributed by atoms with E-state index in [4.69, 9.17) is 9.47 Å². The molecule has 1 fully saturated rings. The van der Waals surface area contributed by atoms with Gasteiger partial charge in [0.1, 0.15) is 18.1 Å². The summed E-state index contributed by atoms with van der Waals surface area (Å²) in [6, 6.07) is 8.49. The van der Waals surface area contributed by atoms with Crippen molar-refractivity contribution in [2.24, 2.45) is 0 Å². The lowest BCUT2D eigenvalue weighted by Gasteiger charge is -2.33. The van der Waals surface area contributed by atoms with E-state index in [0.717, 1.165) is 57.3 Å². The lowest BCUT2D eigenvalue weighted by Crippen LogP contribution is -2.50. The third-order valence-electron chi connectivity index (χ3n) is 3.58. The SMILES string of the molecule is CCCOc1ccc(OCCN2CCNC[C@H]2C)cc1. The van der Waals surface area contributed by atoms with E-state index < -0.39 is 0 Å². The van der Waals surface area contributed by atoms with Crippen molar-refractivity contribution in [1.29, 1.82) is 0 Å². The molecule has 1 heterocycles. The second kappa shape index (κ2) is 8.12. The Balaban J connectivity index is 1.70. The zero-order chi connectivity index (χ0) is 14.2. The zero-order valence-corrected chi connectivity index (χ0v) is 12.6. The fraction of sp³-hybridized carbons (Fsp3) is 0.625. The maximum absolute atomic E-state index is 5.80. The van der Waals surface area contributed by atoms with Gasteiger partial charge in [0, 0.05) is 32.2 Å². The highest BCUT2D eigenvalue weighted by atomic mass is 16.5. The van der Waals surface area contributed by atoms with Crippen LogP contribution in [0.3, 0.4) is 0 Å². The first-order chi connectivity index (χ1) is 9.79. The molecule has 0 spiro atoms. The Morgan fingerprint density at radius 3 is 2.40 bits per heavy atom. The van der Waals surface area contributed by atoms with E-state index in [1.807, 2.05) is 24.3 Å². The lowest BCUT2D eigenvalue weighted by atomic mass is 10.2. The summed E-state index contributed by atoms with van der Waals surface area (Å²) in [4.78, 5) is 2.47. The van der Waals surface area contributed by atoms with E-state index in [1.54, 1.807) is 0 Å². The Bertz CT molecular complexity index is 381. The summed E-state index contributed by atoms with van der Waals surface area (Å²) in [5.41, 5.74) is 0. The number of nitrogens with one attached hydrogen (secondary N) is 1. The molecule has 0 saturated carbocycles. The van der Waals surface area contributed by atoms with Gasteiger partial charge in [-0.2, -0.15) is 0 Å². The van der Waals surface area contributed by atoms with E-state index >= 15 is 0 Å². The Labute approximate surface area is 122 Å². The third-order valence-corrected chi connectivity index (χ3v) is 3.58. The van der Waals surface area contributed by atoms with Gasteiger partial charge in [0.15, 0.2) is 0 Å². The number of benzene rings is 1. The minimum Gasteiger partial charge on any atom is -0.494 e. The molecule has 0 aromatic heterocycles. The number of ether oxygens (including phenoxy) is 2. The molecule has 112 valence electrons. The standard InChI is InChI=1S/C16H26N2O2/c1-3-11-19-15-4-6-16(7-5-15)20-12-10-18-9-8-17-13-14(18)2/h4-7,14,17H,3,8-13H2,1-2H3/t14-/m1/s1. The Morgan fingerprint density at radius 1 is 1.15 bits per heavy atom. The molecule has 1 aromatic carbocycles. The van der Waals surface area contributed by atoms with E-state index in [2.05, 4.69) is 24.1 Å². The third kappa shape index (κ3) is 4.69. The normalized spacial score (nSPS) is 19.8. The lowest BCUT2D eigenvalue weighted by molar-refractivity contribution is 0.143. The summed E-state index contributed by atoms with van der Waals surface area (Å²) in [6.07, 6.45) is 1.03. The first-order valence-electron chi connectivity index (χ1n) is 7.60. The second-order valence-electron chi connectivity index (χ2n) is 5.26. The molecule has 1 aliphatic rings. The maximum Gasteiger partial charge on any atom is 0.119 e. The molecule has 0 bridgehead atoms. The molecule has 4 nitrogen and oxygen atoms in total. The van der Waals surface area contributed by atoms with Crippen LogP contribution in [0.5, 0.6) is 11.5 Å². The molecule has 1 N–H and O–H groups in total. The Morgan fingerprint density at radius 2 is 1.80 bits per heavy atom. The van der Waals surface area contributed by atoms with Gasteiger partial charge in [-0.15, -0.1) is 0 Å². The number of rotatable bonds is 7. The van der Waals surface area contributed by atoms with Crippen LogP contribution in [-0.4, -0.2) is 50.3 Å². The molecule has 4 heteroatoms. The van der Waals surface area contributed by atoms with Crippen LogP contribution in [0.4, 0.5) is 0 Å². The van der Waals surface area contributed by atoms with Crippen molar-refractivity contribution in [1.82, 2.24) is 10.2 Å². The van der Waals surface area contributed by atoms with Crippen LogP contribution in [0, 0.1) is 0 Å². The minimum atomic E-state index is 0.595. The summed E-state index contributed by atoms with van der Waals surface area (Å²) in [5.74, 6) is 1.83. The van der Waals surface area contributed by atoms with Crippen molar-refractivity contribution in [3.63, 3.8) is 0 Å². The van der Waals surface area contributed by atoms with Crippen LogP contribution in [-0.2, 0) is 0 Å².